The van der Waals surface area contributed by atoms with Crippen LogP contribution >= 0.6 is 0 Å². The first-order chi connectivity index (χ1) is 30.7. The summed E-state index contributed by atoms with van der Waals surface area (Å²) in [6.45, 7) is 0. The monoisotopic (exact) mass is 791 g/mol. The molecule has 4 heteroatoms. The van der Waals surface area contributed by atoms with Gasteiger partial charge < -0.3 is 0 Å². The molecule has 0 aliphatic carbocycles. The number of benzene rings is 10. The molecule has 12 rings (SSSR count). The van der Waals surface area contributed by atoms with Crippen LogP contribution in [0.4, 0.5) is 0 Å². The largest absolute Gasteiger partial charge is 0.292 e. The molecule has 2 heterocycles. The van der Waals surface area contributed by atoms with Gasteiger partial charge in [0, 0.05) is 27.7 Å². The molecule has 0 spiro atoms. The van der Waals surface area contributed by atoms with Crippen LogP contribution in [0.3, 0.4) is 0 Å². The van der Waals surface area contributed by atoms with Crippen molar-refractivity contribution in [1.29, 1.82) is 0 Å². The maximum Gasteiger partial charge on any atom is 0.263 e. The van der Waals surface area contributed by atoms with Gasteiger partial charge in [-0.25, -0.2) is 4.98 Å². The molecule has 2 aromatic heterocycles. The predicted octanol–water partition coefficient (Wildman–Crippen LogP) is 14.5. The Morgan fingerprint density at radius 2 is 0.774 bits per heavy atom. The lowest BCUT2D eigenvalue weighted by Gasteiger charge is -2.19. The van der Waals surface area contributed by atoms with Crippen LogP contribution in [0.15, 0.2) is 229 Å². The van der Waals surface area contributed by atoms with E-state index in [0.717, 1.165) is 66.8 Å². The Hall–Kier alpha value is -8.34. The lowest BCUT2D eigenvalue weighted by atomic mass is 9.84. The number of pyridine rings is 1. The summed E-state index contributed by atoms with van der Waals surface area (Å²) in [5.74, 6) is 0.905. The first-order valence-corrected chi connectivity index (χ1v) is 21.0. The first-order valence-electron chi connectivity index (χ1n) is 21.0. The number of imidazole rings is 1. The second kappa shape index (κ2) is 14.4. The van der Waals surface area contributed by atoms with E-state index in [9.17, 15) is 4.79 Å². The summed E-state index contributed by atoms with van der Waals surface area (Å²) in [5.41, 5.74) is 12.8. The minimum absolute atomic E-state index is 0.0222. The van der Waals surface area contributed by atoms with Gasteiger partial charge in [-0.1, -0.05) is 164 Å². The van der Waals surface area contributed by atoms with E-state index in [2.05, 4.69) is 168 Å². The second-order valence-electron chi connectivity index (χ2n) is 15.8. The third kappa shape index (κ3) is 5.69. The molecule has 0 aliphatic heterocycles. The Balaban J connectivity index is 1.09. The van der Waals surface area contributed by atoms with Crippen molar-refractivity contribution in [3.05, 3.63) is 235 Å². The molecule has 0 saturated heterocycles. The molecule has 0 fully saturated rings. The third-order valence-corrected chi connectivity index (χ3v) is 12.3. The molecule has 0 saturated carbocycles. The number of para-hydroxylation sites is 4. The van der Waals surface area contributed by atoms with Gasteiger partial charge in [0.2, 0.25) is 0 Å². The maximum absolute atomic E-state index is 14.1. The highest BCUT2D eigenvalue weighted by Gasteiger charge is 2.20. The second-order valence-corrected chi connectivity index (χ2v) is 15.8. The molecule has 0 aliphatic rings. The fourth-order valence-corrected chi connectivity index (χ4v) is 9.52. The van der Waals surface area contributed by atoms with Gasteiger partial charge in [-0.2, -0.15) is 0 Å². The minimum atomic E-state index is -0.0222. The smallest absolute Gasteiger partial charge is 0.263 e. The summed E-state index contributed by atoms with van der Waals surface area (Å²) in [6, 6.07) is 78.6. The fourth-order valence-electron chi connectivity index (χ4n) is 9.52. The maximum atomic E-state index is 14.1. The van der Waals surface area contributed by atoms with Crippen LogP contribution in [0.2, 0.25) is 0 Å². The van der Waals surface area contributed by atoms with Crippen LogP contribution in [0.1, 0.15) is 0 Å². The topological polar surface area (TPSA) is 39.8 Å². The molecule has 0 unspecified atom stereocenters. The number of nitrogens with zero attached hydrogens (tertiary/aromatic N) is 3. The van der Waals surface area contributed by atoms with Gasteiger partial charge in [0.05, 0.1) is 16.6 Å². The van der Waals surface area contributed by atoms with Gasteiger partial charge in [0.25, 0.3) is 5.56 Å². The predicted molar refractivity (Wildman–Crippen MR) is 258 cm³/mol. The summed E-state index contributed by atoms with van der Waals surface area (Å²) in [6.07, 6.45) is 0. The fraction of sp³-hybridized carbons (Fsp3) is 0. The summed E-state index contributed by atoms with van der Waals surface area (Å²) < 4.78 is 4.10. The van der Waals surface area contributed by atoms with E-state index in [1.54, 1.807) is 0 Å². The number of hydrogen-bond acceptors (Lipinski definition) is 2. The normalized spacial score (nSPS) is 11.6. The minimum Gasteiger partial charge on any atom is -0.292 e. The van der Waals surface area contributed by atoms with Crippen LogP contribution in [0.5, 0.6) is 0 Å². The molecule has 0 bridgehead atoms. The number of aromatic nitrogens is 3. The average molecular weight is 792 g/mol. The van der Waals surface area contributed by atoms with Crippen LogP contribution < -0.4 is 5.56 Å². The number of rotatable bonds is 6. The van der Waals surface area contributed by atoms with Gasteiger partial charge in [0.15, 0.2) is 0 Å². The zero-order valence-corrected chi connectivity index (χ0v) is 33.6. The van der Waals surface area contributed by atoms with Crippen molar-refractivity contribution in [2.45, 2.75) is 0 Å². The third-order valence-electron chi connectivity index (χ3n) is 12.3. The first kappa shape index (κ1) is 35.6. The standard InChI is InChI=1S/C58H37N3O/c62-58-49-25-13-10-22-45(49)50-36-42(33-35-53(50)61(58)44-20-8-3-9-21-44)41-32-34-48-51(37-41)56(47-24-12-11-23-46(47)55(48)38-16-4-1-5-17-38)39-28-30-40(31-29-39)57-59-52-26-14-15-27-54(52)60(57)43-18-6-2-7-19-43/h1-37H. The summed E-state index contributed by atoms with van der Waals surface area (Å²) >= 11 is 0. The van der Waals surface area contributed by atoms with E-state index in [4.69, 9.17) is 4.98 Å². The van der Waals surface area contributed by atoms with Crippen molar-refractivity contribution in [3.8, 4) is 56.1 Å². The highest BCUT2D eigenvalue weighted by molar-refractivity contribution is 6.22. The lowest BCUT2D eigenvalue weighted by Crippen LogP contribution is -2.19. The molecule has 10 aromatic carbocycles. The Bertz CT molecular complexity index is 3740. The van der Waals surface area contributed by atoms with Crippen molar-refractivity contribution in [1.82, 2.24) is 14.1 Å². The van der Waals surface area contributed by atoms with Gasteiger partial charge in [0.1, 0.15) is 5.82 Å². The zero-order chi connectivity index (χ0) is 41.1. The highest BCUT2D eigenvalue weighted by atomic mass is 16.1. The molecule has 0 amide bonds. The van der Waals surface area contributed by atoms with Crippen molar-refractivity contribution >= 4 is 54.3 Å². The Morgan fingerprint density at radius 1 is 0.306 bits per heavy atom. The number of hydrogen-bond donors (Lipinski definition) is 0. The van der Waals surface area contributed by atoms with E-state index in [1.807, 2.05) is 65.2 Å². The summed E-state index contributed by atoms with van der Waals surface area (Å²) in [7, 11) is 0. The highest BCUT2D eigenvalue weighted by Crippen LogP contribution is 2.45. The van der Waals surface area contributed by atoms with E-state index in [0.29, 0.717) is 5.39 Å². The van der Waals surface area contributed by atoms with Crippen LogP contribution in [0, 0.1) is 0 Å². The van der Waals surface area contributed by atoms with Gasteiger partial charge >= 0.3 is 0 Å². The van der Waals surface area contributed by atoms with E-state index < -0.39 is 0 Å². The van der Waals surface area contributed by atoms with E-state index >= 15 is 0 Å². The van der Waals surface area contributed by atoms with E-state index in [-0.39, 0.29) is 5.56 Å². The lowest BCUT2D eigenvalue weighted by molar-refractivity contribution is 1.06. The molecule has 12 aromatic rings. The summed E-state index contributed by atoms with van der Waals surface area (Å²) in [5, 5.41) is 7.43. The van der Waals surface area contributed by atoms with Crippen LogP contribution in [-0.4, -0.2) is 14.1 Å². The Morgan fingerprint density at radius 3 is 1.47 bits per heavy atom. The summed E-state index contributed by atoms with van der Waals surface area (Å²) in [4.78, 5) is 19.2. The Kier molecular flexibility index (Phi) is 8.29. The van der Waals surface area contributed by atoms with Crippen molar-refractivity contribution in [2.24, 2.45) is 0 Å². The average Bonchev–Trinajstić information content (AvgIpc) is 3.74. The van der Waals surface area contributed by atoms with Gasteiger partial charge in [-0.3, -0.25) is 13.9 Å². The van der Waals surface area contributed by atoms with Crippen molar-refractivity contribution < 1.29 is 0 Å². The van der Waals surface area contributed by atoms with Gasteiger partial charge in [-0.15, -0.1) is 0 Å². The van der Waals surface area contributed by atoms with Crippen LogP contribution in [0.25, 0.3) is 110 Å². The van der Waals surface area contributed by atoms with E-state index in [1.165, 1.54) is 38.2 Å². The molecule has 0 radical (unpaired) electrons. The SMILES string of the molecule is O=c1c2ccccc2c2cc(-c3ccc4c(-c5ccccc5)c5ccccc5c(-c5ccc(-c6nc7ccccc7n6-c6ccccc6)cc5)c4c3)ccc2n1-c1ccccc1. The molecule has 4 nitrogen and oxygen atoms in total. The molecule has 290 valence electrons. The number of fused-ring (bicyclic) bond motifs is 6. The van der Waals surface area contributed by atoms with Gasteiger partial charge in [-0.05, 0) is 121 Å². The molecule has 0 atom stereocenters. The zero-order valence-electron chi connectivity index (χ0n) is 33.6. The molecule has 62 heavy (non-hydrogen) atoms. The molecule has 0 N–H and O–H groups in total. The quantitative estimate of drug-likeness (QED) is 0.124. The molecular weight excluding hydrogens is 755 g/mol. The molecular formula is C58H37N3O. The van der Waals surface area contributed by atoms with Crippen molar-refractivity contribution in [2.75, 3.05) is 0 Å². The van der Waals surface area contributed by atoms with Crippen molar-refractivity contribution in [3.63, 3.8) is 0 Å². The van der Waals surface area contributed by atoms with Crippen LogP contribution in [-0.2, 0) is 0 Å². The Labute approximate surface area is 357 Å².